The number of benzene rings is 3. The Balaban J connectivity index is 1.48. The molecule has 0 atom stereocenters. The van der Waals surface area contributed by atoms with E-state index in [9.17, 15) is 4.79 Å². The van der Waals surface area contributed by atoms with Gasteiger partial charge in [0.05, 0.1) is 23.9 Å². The number of ether oxygens (including phenoxy) is 2. The molecule has 6 nitrogen and oxygen atoms in total. The minimum Gasteiger partial charge on any atom is -0.497 e. The number of rotatable bonds is 9. The number of hydrogen-bond donors (Lipinski definition) is 1. The van der Waals surface area contributed by atoms with Gasteiger partial charge in [-0.25, -0.2) is 0 Å². The van der Waals surface area contributed by atoms with Crippen molar-refractivity contribution in [1.29, 1.82) is 0 Å². The number of hydrogen-bond acceptors (Lipinski definition) is 4. The molecule has 1 aliphatic carbocycles. The van der Waals surface area contributed by atoms with E-state index in [0.717, 1.165) is 91.1 Å². The molecule has 1 N–H and O–H groups in total. The van der Waals surface area contributed by atoms with Crippen LogP contribution in [-0.4, -0.2) is 35.8 Å². The zero-order valence-corrected chi connectivity index (χ0v) is 23.8. The maximum absolute atomic E-state index is 13.5. The van der Waals surface area contributed by atoms with Crippen LogP contribution in [0.1, 0.15) is 53.2 Å². The smallest absolute Gasteiger partial charge is 0.252 e. The van der Waals surface area contributed by atoms with Gasteiger partial charge in [-0.15, -0.1) is 0 Å². The Morgan fingerprint density at radius 2 is 1.88 bits per heavy atom. The lowest BCUT2D eigenvalue weighted by molar-refractivity contribution is 0.0966. The number of aryl methyl sites for hydroxylation is 3. The van der Waals surface area contributed by atoms with E-state index < -0.39 is 0 Å². The van der Waals surface area contributed by atoms with Crippen molar-refractivity contribution < 1.29 is 14.3 Å². The first-order valence-corrected chi connectivity index (χ1v) is 14.8. The fraction of sp³-hybridized carbons (Fsp3) is 0.314. The van der Waals surface area contributed by atoms with Crippen LogP contribution >= 0.6 is 0 Å². The first kappa shape index (κ1) is 25.8. The van der Waals surface area contributed by atoms with Crippen molar-refractivity contribution >= 4 is 27.7 Å². The lowest BCUT2D eigenvalue weighted by atomic mass is 9.80. The number of carbonyl (C=O) groups is 1. The molecule has 2 aromatic heterocycles. The molecule has 0 bridgehead atoms. The van der Waals surface area contributed by atoms with E-state index >= 15 is 0 Å². The predicted octanol–water partition coefficient (Wildman–Crippen LogP) is 7.08. The summed E-state index contributed by atoms with van der Waals surface area (Å²) < 4.78 is 14.0. The number of methoxy groups -OCH3 is 1. The molecular formula is C35H35N3O3. The van der Waals surface area contributed by atoms with Gasteiger partial charge in [0.1, 0.15) is 5.75 Å². The number of amides is 1. The van der Waals surface area contributed by atoms with Crippen LogP contribution in [-0.2, 0) is 30.7 Å². The molecule has 0 spiro atoms. The number of nitrogens with one attached hydrogen (secondary N) is 1. The van der Waals surface area contributed by atoms with Crippen molar-refractivity contribution in [3.05, 3.63) is 83.0 Å². The molecule has 1 aliphatic heterocycles. The number of unbranched alkanes of at least 4 members (excludes halogenated alkanes) is 1. The van der Waals surface area contributed by atoms with Gasteiger partial charge in [-0.2, -0.15) is 0 Å². The number of fused-ring (bicyclic) bond motifs is 10. The average Bonchev–Trinajstić information content (AvgIpc) is 3.56. The highest BCUT2D eigenvalue weighted by Crippen LogP contribution is 2.47. The van der Waals surface area contributed by atoms with Crippen LogP contribution in [0.5, 0.6) is 5.75 Å². The van der Waals surface area contributed by atoms with Crippen molar-refractivity contribution in [2.45, 2.75) is 52.1 Å². The molecule has 0 fully saturated rings. The van der Waals surface area contributed by atoms with Crippen LogP contribution < -0.4 is 10.1 Å². The summed E-state index contributed by atoms with van der Waals surface area (Å²) in [6.07, 6.45) is 6.80. The topological polar surface area (TPSA) is 65.4 Å². The molecule has 2 aliphatic rings. The molecule has 5 aromatic rings. The first-order valence-electron chi connectivity index (χ1n) is 14.8. The molecule has 0 saturated carbocycles. The molecular weight excluding hydrogens is 510 g/mol. The Bertz CT molecular complexity index is 1790. The van der Waals surface area contributed by atoms with E-state index in [2.05, 4.69) is 58.2 Å². The monoisotopic (exact) mass is 545 g/mol. The lowest BCUT2D eigenvalue weighted by Crippen LogP contribution is -2.16. The van der Waals surface area contributed by atoms with E-state index in [1.165, 1.54) is 32.9 Å². The predicted molar refractivity (Wildman–Crippen MR) is 164 cm³/mol. The van der Waals surface area contributed by atoms with Crippen molar-refractivity contribution in [1.82, 2.24) is 14.9 Å². The van der Waals surface area contributed by atoms with Gasteiger partial charge in [-0.3, -0.25) is 9.78 Å². The van der Waals surface area contributed by atoms with E-state index in [1.807, 2.05) is 24.4 Å². The highest BCUT2D eigenvalue weighted by Gasteiger charge is 2.34. The number of aromatic nitrogens is 2. The van der Waals surface area contributed by atoms with Gasteiger partial charge in [-0.05, 0) is 84.3 Å². The van der Waals surface area contributed by atoms with Crippen LogP contribution in [0.25, 0.3) is 44.2 Å². The highest BCUT2D eigenvalue weighted by atomic mass is 16.5. The minimum absolute atomic E-state index is 0.0212. The van der Waals surface area contributed by atoms with Gasteiger partial charge in [0.2, 0.25) is 0 Å². The average molecular weight is 546 g/mol. The summed E-state index contributed by atoms with van der Waals surface area (Å²) in [6, 6.07) is 19.0. The standard InChI is InChI=1S/C35H35N3O3/c1-3-4-17-41-18-7-16-38-30-14-10-23(29-8-5-6-15-36-29)20-27(30)32-28-21-37-35(39)33(28)31-25-13-11-24(40-2)19-22(25)9-12-26(31)34(32)38/h5-6,8,10-11,13-15,19-20H,3-4,7,9,12,16-18,21H2,1-2H3,(H,37,39). The maximum atomic E-state index is 13.5. The molecule has 208 valence electrons. The number of pyridine rings is 1. The zero-order chi connectivity index (χ0) is 27.9. The highest BCUT2D eigenvalue weighted by molar-refractivity contribution is 6.20. The summed E-state index contributed by atoms with van der Waals surface area (Å²) in [4.78, 5) is 18.1. The second kappa shape index (κ2) is 10.7. The first-order chi connectivity index (χ1) is 20.2. The summed E-state index contributed by atoms with van der Waals surface area (Å²) in [6.45, 7) is 5.14. The summed E-state index contributed by atoms with van der Waals surface area (Å²) in [5, 5.41) is 5.56. The molecule has 0 radical (unpaired) electrons. The molecule has 3 aromatic carbocycles. The van der Waals surface area contributed by atoms with Crippen molar-refractivity contribution in [2.24, 2.45) is 0 Å². The summed E-state index contributed by atoms with van der Waals surface area (Å²) >= 11 is 0. The van der Waals surface area contributed by atoms with Gasteiger partial charge >= 0.3 is 0 Å². The normalized spacial score (nSPS) is 13.8. The van der Waals surface area contributed by atoms with E-state index in [0.29, 0.717) is 6.54 Å². The van der Waals surface area contributed by atoms with Gasteiger partial charge in [0, 0.05) is 59.9 Å². The lowest BCUT2D eigenvalue weighted by Gasteiger charge is -2.25. The van der Waals surface area contributed by atoms with Gasteiger partial charge in [0.25, 0.3) is 5.91 Å². The maximum Gasteiger partial charge on any atom is 0.252 e. The van der Waals surface area contributed by atoms with Crippen LogP contribution in [0, 0.1) is 0 Å². The van der Waals surface area contributed by atoms with Crippen LogP contribution in [0.3, 0.4) is 0 Å². The van der Waals surface area contributed by atoms with Crippen LogP contribution in [0.2, 0.25) is 0 Å². The Hall–Kier alpha value is -4.16. The second-order valence-electron chi connectivity index (χ2n) is 11.1. The minimum atomic E-state index is 0.0212. The number of nitrogens with zero attached hydrogens (tertiary/aromatic N) is 2. The van der Waals surface area contributed by atoms with Crippen LogP contribution in [0.4, 0.5) is 0 Å². The summed E-state index contributed by atoms with van der Waals surface area (Å²) in [5.74, 6) is 0.876. The van der Waals surface area contributed by atoms with Crippen LogP contribution in [0.15, 0.2) is 60.8 Å². The Labute approximate surface area is 240 Å². The molecule has 6 heteroatoms. The molecule has 0 unspecified atom stereocenters. The molecule has 0 saturated heterocycles. The SMILES string of the molecule is CCCCOCCCn1c2ccc(-c3ccccn3)cc2c2c3c(c4c(c21)CCc1cc(OC)ccc1-4)C(=O)NC3. The molecule has 41 heavy (non-hydrogen) atoms. The van der Waals surface area contributed by atoms with E-state index in [1.54, 1.807) is 7.11 Å². The Morgan fingerprint density at radius 3 is 2.71 bits per heavy atom. The zero-order valence-electron chi connectivity index (χ0n) is 23.8. The van der Waals surface area contributed by atoms with Gasteiger partial charge in [0.15, 0.2) is 0 Å². The largest absolute Gasteiger partial charge is 0.497 e. The summed E-state index contributed by atoms with van der Waals surface area (Å²) in [5.41, 5.74) is 11.2. The summed E-state index contributed by atoms with van der Waals surface area (Å²) in [7, 11) is 1.71. The second-order valence-corrected chi connectivity index (χ2v) is 11.1. The fourth-order valence-corrected chi connectivity index (χ4v) is 6.75. The third kappa shape index (κ3) is 4.29. The number of carbonyl (C=O) groups excluding carboxylic acids is 1. The Morgan fingerprint density at radius 1 is 0.976 bits per heavy atom. The van der Waals surface area contributed by atoms with Crippen molar-refractivity contribution in [3.63, 3.8) is 0 Å². The van der Waals surface area contributed by atoms with E-state index in [4.69, 9.17) is 9.47 Å². The molecule has 3 heterocycles. The van der Waals surface area contributed by atoms with Crippen molar-refractivity contribution in [2.75, 3.05) is 20.3 Å². The van der Waals surface area contributed by atoms with Gasteiger partial charge in [-0.1, -0.05) is 31.5 Å². The molecule has 7 rings (SSSR count). The third-order valence-corrected chi connectivity index (χ3v) is 8.66. The fourth-order valence-electron chi connectivity index (χ4n) is 6.75. The quantitative estimate of drug-likeness (QED) is 0.201. The van der Waals surface area contributed by atoms with Gasteiger partial charge < -0.3 is 19.4 Å². The Kier molecular flexibility index (Phi) is 6.71. The van der Waals surface area contributed by atoms with Crippen molar-refractivity contribution in [3.8, 4) is 28.1 Å². The third-order valence-electron chi connectivity index (χ3n) is 8.66. The van der Waals surface area contributed by atoms with E-state index in [-0.39, 0.29) is 5.91 Å². The molecule has 1 amide bonds.